The molecule has 1 atom stereocenters. The van der Waals surface area contributed by atoms with Crippen LogP contribution in [0.4, 0.5) is 0 Å². The van der Waals surface area contributed by atoms with Crippen LogP contribution in [0.25, 0.3) is 11.1 Å². The third kappa shape index (κ3) is 2.91. The minimum Gasteiger partial charge on any atom is -0.479 e. The van der Waals surface area contributed by atoms with Crippen LogP contribution < -0.4 is 15.2 Å². The Balaban J connectivity index is 1.74. The Bertz CT molecular complexity index is 1170. The van der Waals surface area contributed by atoms with Crippen molar-refractivity contribution >= 4 is 32.9 Å². The lowest BCUT2D eigenvalue weighted by atomic mass is 9.88. The Morgan fingerprint density at radius 2 is 1.54 bits per heavy atom. The topological polar surface area (TPSA) is 26.3 Å². The molecule has 1 aliphatic carbocycles. The van der Waals surface area contributed by atoms with E-state index in [-0.39, 0.29) is 5.78 Å². The predicted octanol–water partition coefficient (Wildman–Crippen LogP) is 4.95. The van der Waals surface area contributed by atoms with Gasteiger partial charge >= 0.3 is 0 Å². The van der Waals surface area contributed by atoms with Crippen LogP contribution in [-0.2, 0) is 0 Å². The molecule has 1 aliphatic heterocycles. The standard InChI is InChI=1S/C25H19BrO2/c26-21-11-5-10-20-23(27)22(18-14-12-17(13-15-18)16-8-4-9-16)24(28-25(20)21)19-6-2-1-3-7-19/h1-3,5-7,10-15,24H,4,8-9H2. The molecule has 0 bridgehead atoms. The maximum absolute atomic E-state index is 13.5. The van der Waals surface area contributed by atoms with Gasteiger partial charge in [-0.15, -0.1) is 0 Å². The molecule has 138 valence electrons. The average molecular weight is 431 g/mol. The highest BCUT2D eigenvalue weighted by Gasteiger charge is 2.34. The Morgan fingerprint density at radius 3 is 2.21 bits per heavy atom. The molecule has 28 heavy (non-hydrogen) atoms. The SMILES string of the molecule is O=C1C(=c2ccc(=C3CCC3)cc2)C(c2ccccc2)Oc2c(Br)cccc21. The van der Waals surface area contributed by atoms with Crippen molar-refractivity contribution in [2.45, 2.75) is 25.4 Å². The molecule has 0 radical (unpaired) electrons. The Hall–Kier alpha value is -2.65. The van der Waals surface area contributed by atoms with Crippen molar-refractivity contribution in [3.05, 3.63) is 98.8 Å². The first-order chi connectivity index (χ1) is 13.7. The molecule has 1 saturated carbocycles. The first-order valence-corrected chi connectivity index (χ1v) is 10.4. The molecular weight excluding hydrogens is 412 g/mol. The molecule has 0 spiro atoms. The molecule has 1 unspecified atom stereocenters. The van der Waals surface area contributed by atoms with Crippen LogP contribution in [0.3, 0.4) is 0 Å². The van der Waals surface area contributed by atoms with E-state index < -0.39 is 6.10 Å². The van der Waals surface area contributed by atoms with E-state index in [9.17, 15) is 4.79 Å². The molecule has 3 aromatic rings. The van der Waals surface area contributed by atoms with Gasteiger partial charge in [0.2, 0.25) is 0 Å². The maximum Gasteiger partial charge on any atom is 0.197 e. The van der Waals surface area contributed by atoms with Crippen molar-refractivity contribution in [2.24, 2.45) is 0 Å². The van der Waals surface area contributed by atoms with Crippen LogP contribution in [0.15, 0.2) is 77.3 Å². The lowest BCUT2D eigenvalue weighted by Crippen LogP contribution is -2.29. The van der Waals surface area contributed by atoms with Gasteiger partial charge in [0.25, 0.3) is 0 Å². The van der Waals surface area contributed by atoms with Crippen molar-refractivity contribution in [1.82, 2.24) is 0 Å². The normalized spacial score (nSPS) is 18.3. The van der Waals surface area contributed by atoms with E-state index in [1.165, 1.54) is 30.1 Å². The summed E-state index contributed by atoms with van der Waals surface area (Å²) in [6.07, 6.45) is 3.22. The van der Waals surface area contributed by atoms with Gasteiger partial charge in [0, 0.05) is 0 Å². The van der Waals surface area contributed by atoms with Crippen molar-refractivity contribution in [3.63, 3.8) is 0 Å². The molecule has 3 heteroatoms. The molecular formula is C25H19BrO2. The summed E-state index contributed by atoms with van der Waals surface area (Å²) < 4.78 is 7.19. The summed E-state index contributed by atoms with van der Waals surface area (Å²) >= 11 is 3.54. The molecule has 3 aromatic carbocycles. The summed E-state index contributed by atoms with van der Waals surface area (Å²) in [6.45, 7) is 0. The summed E-state index contributed by atoms with van der Waals surface area (Å²) in [5, 5.41) is 2.22. The quantitative estimate of drug-likeness (QED) is 0.545. The summed E-state index contributed by atoms with van der Waals surface area (Å²) in [7, 11) is 0. The lowest BCUT2D eigenvalue weighted by Gasteiger charge is -2.29. The largest absolute Gasteiger partial charge is 0.479 e. The number of benzene rings is 3. The number of rotatable bonds is 1. The number of ketones is 1. The zero-order valence-corrected chi connectivity index (χ0v) is 16.9. The van der Waals surface area contributed by atoms with Gasteiger partial charge in [-0.3, -0.25) is 4.79 Å². The van der Waals surface area contributed by atoms with E-state index in [0.717, 1.165) is 15.3 Å². The summed E-state index contributed by atoms with van der Waals surface area (Å²) in [6, 6.07) is 24.0. The van der Waals surface area contributed by atoms with Crippen molar-refractivity contribution in [2.75, 3.05) is 0 Å². The van der Waals surface area contributed by atoms with Crippen LogP contribution in [-0.4, -0.2) is 5.78 Å². The minimum absolute atomic E-state index is 0.0282. The second kappa shape index (κ2) is 7.06. The first-order valence-electron chi connectivity index (χ1n) is 9.59. The molecule has 0 amide bonds. The van der Waals surface area contributed by atoms with E-state index >= 15 is 0 Å². The third-order valence-corrected chi connectivity index (χ3v) is 6.24. The number of hydrogen-bond donors (Lipinski definition) is 0. The third-order valence-electron chi connectivity index (χ3n) is 5.62. The Labute approximate surface area is 172 Å². The fraction of sp³-hybridized carbons (Fsp3) is 0.160. The van der Waals surface area contributed by atoms with E-state index in [4.69, 9.17) is 4.74 Å². The van der Waals surface area contributed by atoms with Crippen LogP contribution in [0.2, 0.25) is 0 Å². The minimum atomic E-state index is -0.429. The van der Waals surface area contributed by atoms with Gasteiger partial charge in [-0.05, 0) is 63.3 Å². The zero-order chi connectivity index (χ0) is 19.1. The molecule has 0 N–H and O–H groups in total. The molecule has 5 rings (SSSR count). The van der Waals surface area contributed by atoms with Gasteiger partial charge < -0.3 is 4.74 Å². The Kier molecular flexibility index (Phi) is 4.40. The van der Waals surface area contributed by atoms with Crippen LogP contribution in [0.1, 0.15) is 41.3 Å². The smallest absolute Gasteiger partial charge is 0.197 e. The fourth-order valence-corrected chi connectivity index (χ4v) is 4.38. The van der Waals surface area contributed by atoms with Crippen molar-refractivity contribution < 1.29 is 9.53 Å². The van der Waals surface area contributed by atoms with E-state index in [0.29, 0.717) is 16.9 Å². The van der Waals surface area contributed by atoms with Crippen molar-refractivity contribution in [3.8, 4) is 5.75 Å². The second-order valence-corrected chi connectivity index (χ2v) is 8.16. The van der Waals surface area contributed by atoms with Gasteiger partial charge in [-0.1, -0.05) is 66.2 Å². The molecule has 0 saturated heterocycles. The number of para-hydroxylation sites is 1. The summed E-state index contributed by atoms with van der Waals surface area (Å²) in [5.74, 6) is 0.646. The highest BCUT2D eigenvalue weighted by Crippen LogP contribution is 2.42. The van der Waals surface area contributed by atoms with Crippen LogP contribution in [0, 0.1) is 0 Å². The number of carbonyl (C=O) groups is 1. The fourth-order valence-electron chi connectivity index (χ4n) is 3.92. The summed E-state index contributed by atoms with van der Waals surface area (Å²) in [5.41, 5.74) is 3.79. The maximum atomic E-state index is 13.5. The van der Waals surface area contributed by atoms with E-state index in [1.807, 2.05) is 48.5 Å². The monoisotopic (exact) mass is 430 g/mol. The van der Waals surface area contributed by atoms with E-state index in [2.05, 4.69) is 40.2 Å². The van der Waals surface area contributed by atoms with Gasteiger partial charge in [-0.25, -0.2) is 0 Å². The number of Topliss-reactive ketones (excluding diaryl/α,β-unsaturated/α-hetero) is 1. The number of halogens is 1. The highest BCUT2D eigenvalue weighted by atomic mass is 79.9. The lowest BCUT2D eigenvalue weighted by molar-refractivity contribution is 0.100. The molecule has 1 fully saturated rings. The molecule has 1 heterocycles. The highest BCUT2D eigenvalue weighted by molar-refractivity contribution is 9.10. The first kappa shape index (κ1) is 17.4. The van der Waals surface area contributed by atoms with Crippen LogP contribution >= 0.6 is 15.9 Å². The molecule has 2 nitrogen and oxygen atoms in total. The van der Waals surface area contributed by atoms with Crippen LogP contribution in [0.5, 0.6) is 5.75 Å². The number of ether oxygens (including phenoxy) is 1. The summed E-state index contributed by atoms with van der Waals surface area (Å²) in [4.78, 5) is 13.5. The van der Waals surface area contributed by atoms with Gasteiger partial charge in [0.15, 0.2) is 11.9 Å². The van der Waals surface area contributed by atoms with Gasteiger partial charge in [0.1, 0.15) is 5.75 Å². The number of hydrogen-bond acceptors (Lipinski definition) is 2. The average Bonchev–Trinajstić information content (AvgIpc) is 2.69. The number of fused-ring (bicyclic) bond motifs is 1. The Morgan fingerprint density at radius 1 is 0.821 bits per heavy atom. The van der Waals surface area contributed by atoms with E-state index in [1.54, 1.807) is 0 Å². The zero-order valence-electron chi connectivity index (χ0n) is 15.3. The molecule has 0 aromatic heterocycles. The van der Waals surface area contributed by atoms with Gasteiger partial charge in [-0.2, -0.15) is 0 Å². The number of carbonyl (C=O) groups excluding carboxylic acids is 1. The predicted molar refractivity (Wildman–Crippen MR) is 115 cm³/mol. The van der Waals surface area contributed by atoms with Gasteiger partial charge in [0.05, 0.1) is 15.6 Å². The van der Waals surface area contributed by atoms with Crippen molar-refractivity contribution in [1.29, 1.82) is 0 Å². The molecule has 2 aliphatic rings. The second-order valence-electron chi connectivity index (χ2n) is 7.30.